The number of sulfonamides is 1. The maximum atomic E-state index is 12.7. The second kappa shape index (κ2) is 6.70. The molecule has 2 heterocycles. The number of aromatic hydroxyl groups is 1. The van der Waals surface area contributed by atoms with Crippen LogP contribution >= 0.6 is 22.9 Å². The van der Waals surface area contributed by atoms with Crippen molar-refractivity contribution in [1.82, 2.24) is 0 Å². The predicted molar refractivity (Wildman–Crippen MR) is 109 cm³/mol. The first-order valence-electron chi connectivity index (χ1n) is 8.18. The van der Waals surface area contributed by atoms with Crippen LogP contribution in [0.3, 0.4) is 0 Å². The number of halogens is 1. The van der Waals surface area contributed by atoms with Crippen molar-refractivity contribution in [2.75, 3.05) is 21.9 Å². The summed E-state index contributed by atoms with van der Waals surface area (Å²) in [5, 5.41) is 13.9. The highest BCUT2D eigenvalue weighted by molar-refractivity contribution is 7.93. The second-order valence-corrected chi connectivity index (χ2v) is 9.58. The molecule has 1 aliphatic heterocycles. The summed E-state index contributed by atoms with van der Waals surface area (Å²) in [6, 6.07) is 11.8. The van der Waals surface area contributed by atoms with Crippen molar-refractivity contribution < 1.29 is 18.3 Å². The molecule has 0 bridgehead atoms. The lowest BCUT2D eigenvalue weighted by molar-refractivity contribution is 0.103. The first-order chi connectivity index (χ1) is 12.9. The topological polar surface area (TPSA) is 86.7 Å². The molecule has 1 fully saturated rings. The molecule has 1 amide bonds. The maximum Gasteiger partial charge on any atom is 0.267 e. The molecule has 3 aromatic rings. The largest absolute Gasteiger partial charge is 0.506 e. The molecule has 1 saturated heterocycles. The lowest BCUT2D eigenvalue weighted by atomic mass is 10.2. The van der Waals surface area contributed by atoms with Crippen LogP contribution in [0, 0.1) is 0 Å². The third-order valence-electron chi connectivity index (χ3n) is 4.36. The fourth-order valence-corrected chi connectivity index (χ4v) is 6.02. The van der Waals surface area contributed by atoms with Crippen LogP contribution < -0.4 is 9.62 Å². The minimum absolute atomic E-state index is 0.0902. The van der Waals surface area contributed by atoms with Gasteiger partial charge >= 0.3 is 0 Å². The number of carbonyl (C=O) groups excluding carboxylic acids is 1. The Hall–Kier alpha value is -2.29. The monoisotopic (exact) mass is 422 g/mol. The van der Waals surface area contributed by atoms with E-state index in [2.05, 4.69) is 5.32 Å². The van der Waals surface area contributed by atoms with Gasteiger partial charge in [0, 0.05) is 16.6 Å². The predicted octanol–water partition coefficient (Wildman–Crippen LogP) is 4.05. The fourth-order valence-electron chi connectivity index (χ4n) is 3.05. The van der Waals surface area contributed by atoms with Gasteiger partial charge in [-0.1, -0.05) is 29.8 Å². The smallest absolute Gasteiger partial charge is 0.267 e. The van der Waals surface area contributed by atoms with Gasteiger partial charge in [0.25, 0.3) is 5.91 Å². The number of thiophene rings is 1. The summed E-state index contributed by atoms with van der Waals surface area (Å²) in [6.07, 6.45) is 0.544. The Morgan fingerprint density at radius 2 is 2.00 bits per heavy atom. The van der Waals surface area contributed by atoms with Gasteiger partial charge in [-0.15, -0.1) is 11.3 Å². The average Bonchev–Trinajstić information content (AvgIpc) is 3.16. The van der Waals surface area contributed by atoms with Crippen molar-refractivity contribution in [1.29, 1.82) is 0 Å². The Labute approximate surface area is 165 Å². The van der Waals surface area contributed by atoms with E-state index < -0.39 is 15.9 Å². The summed E-state index contributed by atoms with van der Waals surface area (Å²) in [5.41, 5.74) is 0.538. The van der Waals surface area contributed by atoms with Gasteiger partial charge in [0.2, 0.25) is 10.0 Å². The number of nitrogens with one attached hydrogen (secondary N) is 1. The number of fused-ring (bicyclic) bond motifs is 1. The molecule has 0 saturated carbocycles. The lowest BCUT2D eigenvalue weighted by Gasteiger charge is -2.18. The average molecular weight is 423 g/mol. The van der Waals surface area contributed by atoms with E-state index in [0.29, 0.717) is 28.6 Å². The van der Waals surface area contributed by atoms with Gasteiger partial charge in [0.05, 0.1) is 22.2 Å². The first kappa shape index (κ1) is 18.1. The van der Waals surface area contributed by atoms with Crippen molar-refractivity contribution in [3.8, 4) is 5.75 Å². The highest BCUT2D eigenvalue weighted by Gasteiger charge is 2.29. The number of phenols is 1. The number of hydrogen-bond donors (Lipinski definition) is 2. The van der Waals surface area contributed by atoms with Gasteiger partial charge in [0.15, 0.2) is 0 Å². The SMILES string of the molecule is O=C(Nc1cc(N2CCCS2(=O)=O)ccc1O)c1sc2ccccc2c1Cl. The number of hydrogen-bond acceptors (Lipinski definition) is 5. The number of nitrogens with zero attached hydrogens (tertiary/aromatic N) is 1. The Bertz CT molecular complexity index is 1160. The summed E-state index contributed by atoms with van der Waals surface area (Å²) in [7, 11) is -3.35. The highest BCUT2D eigenvalue weighted by Crippen LogP contribution is 2.37. The Kier molecular flexibility index (Phi) is 4.49. The van der Waals surface area contributed by atoms with Crippen LogP contribution in [-0.2, 0) is 10.0 Å². The van der Waals surface area contributed by atoms with E-state index in [0.717, 1.165) is 10.1 Å². The number of benzene rings is 2. The van der Waals surface area contributed by atoms with Gasteiger partial charge in [-0.3, -0.25) is 9.10 Å². The third-order valence-corrected chi connectivity index (χ3v) is 7.90. The van der Waals surface area contributed by atoms with Gasteiger partial charge < -0.3 is 10.4 Å². The lowest BCUT2D eigenvalue weighted by Crippen LogP contribution is -2.25. The van der Waals surface area contributed by atoms with Crippen LogP contribution in [0.2, 0.25) is 5.02 Å². The zero-order valence-electron chi connectivity index (χ0n) is 14.0. The van der Waals surface area contributed by atoms with E-state index in [1.807, 2.05) is 24.3 Å². The molecule has 140 valence electrons. The van der Waals surface area contributed by atoms with Gasteiger partial charge in [0.1, 0.15) is 10.6 Å². The minimum Gasteiger partial charge on any atom is -0.506 e. The van der Waals surface area contributed by atoms with Crippen molar-refractivity contribution in [3.05, 3.63) is 52.4 Å². The van der Waals surface area contributed by atoms with E-state index in [4.69, 9.17) is 11.6 Å². The fraction of sp³-hybridized carbons (Fsp3) is 0.167. The molecule has 4 rings (SSSR count). The summed E-state index contributed by atoms with van der Waals surface area (Å²) in [6.45, 7) is 0.378. The Balaban J connectivity index is 1.66. The van der Waals surface area contributed by atoms with Crippen LogP contribution in [-0.4, -0.2) is 31.7 Å². The van der Waals surface area contributed by atoms with Crippen molar-refractivity contribution >= 4 is 60.3 Å². The first-order valence-corrected chi connectivity index (χ1v) is 11.0. The standard InChI is InChI=1S/C18H15ClN2O4S2/c19-16-12-4-1-2-5-15(12)26-17(16)18(23)20-13-10-11(6-7-14(13)22)21-8-3-9-27(21,24)25/h1-2,4-7,10,22H,3,8-9H2,(H,20,23). The molecule has 0 atom stereocenters. The number of carbonyl (C=O) groups is 1. The summed E-state index contributed by atoms with van der Waals surface area (Å²) in [5.74, 6) is -0.522. The van der Waals surface area contributed by atoms with E-state index in [1.165, 1.54) is 33.8 Å². The molecular weight excluding hydrogens is 408 g/mol. The van der Waals surface area contributed by atoms with E-state index in [-0.39, 0.29) is 17.2 Å². The van der Waals surface area contributed by atoms with Crippen molar-refractivity contribution in [3.63, 3.8) is 0 Å². The molecular formula is C18H15ClN2O4S2. The van der Waals surface area contributed by atoms with Crippen LogP contribution in [0.4, 0.5) is 11.4 Å². The molecule has 0 spiro atoms. The van der Waals surface area contributed by atoms with Crippen molar-refractivity contribution in [2.24, 2.45) is 0 Å². The van der Waals surface area contributed by atoms with Gasteiger partial charge in [-0.25, -0.2) is 8.42 Å². The molecule has 1 aromatic heterocycles. The van der Waals surface area contributed by atoms with E-state index in [1.54, 1.807) is 0 Å². The zero-order valence-corrected chi connectivity index (χ0v) is 16.4. The molecule has 27 heavy (non-hydrogen) atoms. The van der Waals surface area contributed by atoms with E-state index >= 15 is 0 Å². The minimum atomic E-state index is -3.35. The van der Waals surface area contributed by atoms with Crippen LogP contribution in [0.25, 0.3) is 10.1 Å². The molecule has 2 aromatic carbocycles. The van der Waals surface area contributed by atoms with Gasteiger partial charge in [-0.2, -0.15) is 0 Å². The Morgan fingerprint density at radius 3 is 2.70 bits per heavy atom. The highest BCUT2D eigenvalue weighted by atomic mass is 35.5. The number of anilines is 2. The van der Waals surface area contributed by atoms with Gasteiger partial charge in [-0.05, 0) is 30.7 Å². The van der Waals surface area contributed by atoms with Crippen LogP contribution in [0.1, 0.15) is 16.1 Å². The summed E-state index contributed by atoms with van der Waals surface area (Å²) >= 11 is 7.58. The molecule has 0 aliphatic carbocycles. The Morgan fingerprint density at radius 1 is 1.22 bits per heavy atom. The number of rotatable bonds is 3. The molecule has 0 unspecified atom stereocenters. The second-order valence-electron chi connectivity index (χ2n) is 6.14. The van der Waals surface area contributed by atoms with Crippen LogP contribution in [0.15, 0.2) is 42.5 Å². The summed E-state index contributed by atoms with van der Waals surface area (Å²) in [4.78, 5) is 13.0. The quantitative estimate of drug-likeness (QED) is 0.623. The number of amides is 1. The van der Waals surface area contributed by atoms with E-state index in [9.17, 15) is 18.3 Å². The molecule has 2 N–H and O–H groups in total. The molecule has 0 radical (unpaired) electrons. The normalized spacial score (nSPS) is 16.0. The van der Waals surface area contributed by atoms with Crippen LogP contribution in [0.5, 0.6) is 5.75 Å². The zero-order chi connectivity index (χ0) is 19.2. The third kappa shape index (κ3) is 3.24. The number of phenolic OH excluding ortho intramolecular Hbond substituents is 1. The summed E-state index contributed by atoms with van der Waals surface area (Å²) < 4.78 is 26.4. The maximum absolute atomic E-state index is 12.7. The molecule has 9 heteroatoms. The molecule has 6 nitrogen and oxygen atoms in total. The van der Waals surface area contributed by atoms with Crippen molar-refractivity contribution in [2.45, 2.75) is 6.42 Å². The molecule has 1 aliphatic rings.